The van der Waals surface area contributed by atoms with E-state index in [1.165, 1.54) is 18.5 Å². The monoisotopic (exact) mass is 565 g/mol. The second kappa shape index (κ2) is 10.1. The van der Waals surface area contributed by atoms with E-state index in [0.717, 1.165) is 29.9 Å². The van der Waals surface area contributed by atoms with Gasteiger partial charge in [0.15, 0.2) is 11.5 Å². The number of fused-ring (bicyclic) bond motifs is 5. The predicted octanol–water partition coefficient (Wildman–Crippen LogP) is 4.66. The summed E-state index contributed by atoms with van der Waals surface area (Å²) in [7, 11) is 1.86. The van der Waals surface area contributed by atoms with Crippen molar-refractivity contribution >= 4 is 45.4 Å². The summed E-state index contributed by atoms with van der Waals surface area (Å²) in [5, 5.41) is 3.12. The van der Waals surface area contributed by atoms with Crippen molar-refractivity contribution in [2.75, 3.05) is 23.3 Å². The molecule has 3 saturated heterocycles. The molecular formula is C30H28FN9O2. The summed E-state index contributed by atoms with van der Waals surface area (Å²) in [6.45, 7) is 6.81. The van der Waals surface area contributed by atoms with Crippen LogP contribution in [0.1, 0.15) is 18.4 Å². The topological polar surface area (TPSA) is 114 Å². The normalized spacial score (nSPS) is 18.1. The molecular weight excluding hydrogens is 537 g/mol. The third kappa shape index (κ3) is 4.44. The number of pyridine rings is 2. The smallest absolute Gasteiger partial charge is 0.246 e. The number of anilines is 3. The SMILES string of the molecule is C=CC(=O)N1C[C@H]2CC[C@@H]1CN2c1ccc2ncnc(Nc3cc(C)c(Oc4cnc5c(c4)ncn5C)cc3F)c2n1. The molecule has 0 radical (unpaired) electrons. The number of ether oxygens (including phenoxy) is 1. The van der Waals surface area contributed by atoms with Gasteiger partial charge in [-0.3, -0.25) is 4.79 Å². The first-order valence-corrected chi connectivity index (χ1v) is 13.7. The van der Waals surface area contributed by atoms with Gasteiger partial charge >= 0.3 is 0 Å². The first kappa shape index (κ1) is 25.8. The molecule has 4 aromatic heterocycles. The highest BCUT2D eigenvalue weighted by molar-refractivity contribution is 5.89. The highest BCUT2D eigenvalue weighted by Gasteiger charge is 2.41. The van der Waals surface area contributed by atoms with E-state index in [9.17, 15) is 4.79 Å². The number of hydrogen-bond acceptors (Lipinski definition) is 9. The molecule has 3 aliphatic rings. The fourth-order valence-corrected chi connectivity index (χ4v) is 5.85. The lowest BCUT2D eigenvalue weighted by atomic mass is 9.90. The van der Waals surface area contributed by atoms with Crippen LogP contribution in [0.25, 0.3) is 22.2 Å². The van der Waals surface area contributed by atoms with Crippen LogP contribution >= 0.6 is 0 Å². The van der Waals surface area contributed by atoms with E-state index in [1.54, 1.807) is 24.7 Å². The molecule has 2 atom stereocenters. The summed E-state index contributed by atoms with van der Waals surface area (Å²) in [6, 6.07) is 8.88. The van der Waals surface area contributed by atoms with Gasteiger partial charge in [0.1, 0.15) is 40.5 Å². The zero-order valence-electron chi connectivity index (χ0n) is 23.2. The highest BCUT2D eigenvalue weighted by Crippen LogP contribution is 2.35. The van der Waals surface area contributed by atoms with Gasteiger partial charge in [0.2, 0.25) is 5.91 Å². The second-order valence-corrected chi connectivity index (χ2v) is 10.7. The summed E-state index contributed by atoms with van der Waals surface area (Å²) in [4.78, 5) is 38.8. The third-order valence-corrected chi connectivity index (χ3v) is 8.02. The fourth-order valence-electron chi connectivity index (χ4n) is 5.85. The second-order valence-electron chi connectivity index (χ2n) is 10.7. The number of hydrogen-bond donors (Lipinski definition) is 1. The number of piperidine rings is 2. The minimum Gasteiger partial charge on any atom is -0.455 e. The summed E-state index contributed by atoms with van der Waals surface area (Å²) in [5.41, 5.74) is 3.54. The molecule has 212 valence electrons. The van der Waals surface area contributed by atoms with Crippen LogP contribution in [-0.2, 0) is 11.8 Å². The van der Waals surface area contributed by atoms with Crippen molar-refractivity contribution in [3.63, 3.8) is 0 Å². The summed E-state index contributed by atoms with van der Waals surface area (Å²) in [5.74, 6) is 1.46. The van der Waals surface area contributed by atoms with Gasteiger partial charge in [-0.1, -0.05) is 6.58 Å². The maximum Gasteiger partial charge on any atom is 0.246 e. The van der Waals surface area contributed by atoms with Crippen LogP contribution in [-0.4, -0.2) is 65.5 Å². The molecule has 3 fully saturated rings. The minimum absolute atomic E-state index is 0.0321. The molecule has 7 heterocycles. The van der Waals surface area contributed by atoms with Gasteiger partial charge in [-0.05, 0) is 49.6 Å². The van der Waals surface area contributed by atoms with Gasteiger partial charge in [-0.25, -0.2) is 29.3 Å². The van der Waals surface area contributed by atoms with Crippen molar-refractivity contribution in [3.05, 3.63) is 73.2 Å². The van der Waals surface area contributed by atoms with Gasteiger partial charge in [0.05, 0.1) is 23.7 Å². The maximum atomic E-state index is 15.4. The third-order valence-electron chi connectivity index (χ3n) is 8.02. The van der Waals surface area contributed by atoms with Crippen molar-refractivity contribution in [2.45, 2.75) is 31.8 Å². The van der Waals surface area contributed by atoms with Crippen LogP contribution in [0.2, 0.25) is 0 Å². The summed E-state index contributed by atoms with van der Waals surface area (Å²) in [6.07, 6.45) is 8.01. The number of imidazole rings is 1. The lowest BCUT2D eigenvalue weighted by molar-refractivity contribution is -0.131. The Morgan fingerprint density at radius 2 is 1.95 bits per heavy atom. The van der Waals surface area contributed by atoms with E-state index < -0.39 is 5.82 Å². The van der Waals surface area contributed by atoms with E-state index in [1.807, 2.05) is 35.6 Å². The number of carbonyl (C=O) groups is 1. The molecule has 3 aliphatic heterocycles. The van der Waals surface area contributed by atoms with Gasteiger partial charge in [-0.2, -0.15) is 0 Å². The van der Waals surface area contributed by atoms with E-state index in [-0.39, 0.29) is 23.7 Å². The first-order valence-electron chi connectivity index (χ1n) is 13.7. The Morgan fingerprint density at radius 3 is 2.76 bits per heavy atom. The van der Waals surface area contributed by atoms with Crippen LogP contribution in [0, 0.1) is 12.7 Å². The largest absolute Gasteiger partial charge is 0.455 e. The van der Waals surface area contributed by atoms with Crippen LogP contribution in [0.3, 0.4) is 0 Å². The number of aryl methyl sites for hydroxylation is 2. The number of amides is 1. The number of benzene rings is 1. The zero-order chi connectivity index (χ0) is 29.0. The maximum absolute atomic E-state index is 15.4. The zero-order valence-corrected chi connectivity index (χ0v) is 23.2. The van der Waals surface area contributed by atoms with Crippen LogP contribution < -0.4 is 15.0 Å². The van der Waals surface area contributed by atoms with E-state index in [4.69, 9.17) is 9.72 Å². The quantitative estimate of drug-likeness (QED) is 0.294. The Kier molecular flexibility index (Phi) is 6.18. The first-order chi connectivity index (χ1) is 20.4. The molecule has 12 heteroatoms. The number of nitrogens with zero attached hydrogens (tertiary/aromatic N) is 8. The van der Waals surface area contributed by atoms with Crippen molar-refractivity contribution < 1.29 is 13.9 Å². The average molecular weight is 566 g/mol. The molecule has 2 bridgehead atoms. The lowest BCUT2D eigenvalue weighted by Gasteiger charge is -2.51. The molecule has 0 aliphatic carbocycles. The Hall–Kier alpha value is -5.13. The van der Waals surface area contributed by atoms with Gasteiger partial charge < -0.3 is 24.4 Å². The van der Waals surface area contributed by atoms with E-state index in [0.29, 0.717) is 47.0 Å². The number of nitrogens with one attached hydrogen (secondary N) is 1. The number of carbonyl (C=O) groups excluding carboxylic acids is 1. The standard InChI is InChI=1S/C30H28FN9O2/c1-4-27(41)40-14-18-5-6-19(40)13-39(18)26-8-7-22-28(37-26)29(34-15-33-22)36-23-9-17(2)25(11-21(23)31)42-20-10-24-30(32-12-20)38(3)16-35-24/h4,7-12,15-16,18-19H,1,5-6,13-14H2,2-3H3,(H,33,34,36)/t18-,19-/m1/s1. The predicted molar refractivity (Wildman–Crippen MR) is 156 cm³/mol. The molecule has 42 heavy (non-hydrogen) atoms. The molecule has 0 unspecified atom stereocenters. The summed E-state index contributed by atoms with van der Waals surface area (Å²) < 4.78 is 23.2. The van der Waals surface area contributed by atoms with Crippen LogP contribution in [0.15, 0.2) is 61.8 Å². The minimum atomic E-state index is -0.509. The number of rotatable bonds is 6. The summed E-state index contributed by atoms with van der Waals surface area (Å²) >= 11 is 0. The molecule has 1 amide bonds. The molecule has 8 rings (SSSR count). The van der Waals surface area contributed by atoms with Crippen molar-refractivity contribution in [2.24, 2.45) is 7.05 Å². The van der Waals surface area contributed by atoms with Gasteiger partial charge in [-0.15, -0.1) is 0 Å². The van der Waals surface area contributed by atoms with Crippen LogP contribution in [0.5, 0.6) is 11.5 Å². The van der Waals surface area contributed by atoms with Crippen LogP contribution in [0.4, 0.5) is 21.7 Å². The van der Waals surface area contributed by atoms with E-state index in [2.05, 4.69) is 36.7 Å². The van der Waals surface area contributed by atoms with Gasteiger partial charge in [0.25, 0.3) is 0 Å². The fraction of sp³-hybridized carbons (Fsp3) is 0.267. The molecule has 1 aromatic carbocycles. The Labute approximate surface area is 240 Å². The number of piperazine rings is 1. The Morgan fingerprint density at radius 1 is 1.10 bits per heavy atom. The molecule has 11 nitrogen and oxygen atoms in total. The molecule has 0 saturated carbocycles. The number of aromatic nitrogens is 6. The average Bonchev–Trinajstić information content (AvgIpc) is 3.38. The Balaban J connectivity index is 1.15. The molecule has 1 N–H and O–H groups in total. The van der Waals surface area contributed by atoms with E-state index >= 15 is 4.39 Å². The molecule has 0 spiro atoms. The van der Waals surface area contributed by atoms with Crippen molar-refractivity contribution in [3.8, 4) is 11.5 Å². The van der Waals surface area contributed by atoms with Crippen molar-refractivity contribution in [1.82, 2.24) is 34.4 Å². The lowest BCUT2D eigenvalue weighted by Crippen LogP contribution is -2.64. The van der Waals surface area contributed by atoms with Gasteiger partial charge in [0, 0.05) is 44.4 Å². The molecule has 5 aromatic rings. The number of halogens is 1. The Bertz CT molecular complexity index is 1870. The van der Waals surface area contributed by atoms with Crippen molar-refractivity contribution in [1.29, 1.82) is 0 Å². The highest BCUT2D eigenvalue weighted by atomic mass is 19.1.